The van der Waals surface area contributed by atoms with Gasteiger partial charge in [-0.25, -0.2) is 9.18 Å². The molecule has 1 N–H and O–H groups in total. The molecule has 1 aliphatic heterocycles. The quantitative estimate of drug-likeness (QED) is 0.790. The summed E-state index contributed by atoms with van der Waals surface area (Å²) in [6.07, 6.45) is -0.512. The van der Waals surface area contributed by atoms with Gasteiger partial charge in [0.25, 0.3) is 0 Å². The Hall–Kier alpha value is -1.10. The van der Waals surface area contributed by atoms with Crippen LogP contribution in [0.1, 0.15) is 11.1 Å². The third kappa shape index (κ3) is 1.97. The van der Waals surface area contributed by atoms with E-state index in [4.69, 9.17) is 5.11 Å². The first-order valence-corrected chi connectivity index (χ1v) is 5.32. The highest BCUT2D eigenvalue weighted by Gasteiger charge is 2.22. The van der Waals surface area contributed by atoms with Gasteiger partial charge in [-0.05, 0) is 29.7 Å². The summed E-state index contributed by atoms with van der Waals surface area (Å²) in [6, 6.07) is 3.18. The van der Waals surface area contributed by atoms with Gasteiger partial charge in [0.05, 0.1) is 0 Å². The predicted octanol–water partition coefficient (Wildman–Crippen LogP) is 2.62. The molecule has 2 rings (SSSR count). The monoisotopic (exact) mass is 273 g/mol. The molecule has 80 valence electrons. The molecule has 0 atom stereocenters. The minimum atomic E-state index is -0.957. The highest BCUT2D eigenvalue weighted by molar-refractivity contribution is 9.10. The predicted molar refractivity (Wildman–Crippen MR) is 56.2 cm³/mol. The van der Waals surface area contributed by atoms with Gasteiger partial charge in [0.15, 0.2) is 0 Å². The average molecular weight is 274 g/mol. The Morgan fingerprint density at radius 3 is 2.93 bits per heavy atom. The Morgan fingerprint density at radius 1 is 1.53 bits per heavy atom. The number of halogens is 2. The Bertz CT molecular complexity index is 422. The van der Waals surface area contributed by atoms with Crippen molar-refractivity contribution in [3.05, 3.63) is 33.5 Å². The van der Waals surface area contributed by atoms with Crippen LogP contribution in [-0.2, 0) is 13.0 Å². The molecular weight excluding hydrogens is 265 g/mol. The van der Waals surface area contributed by atoms with E-state index in [9.17, 15) is 9.18 Å². The molecule has 1 aromatic rings. The SMILES string of the molecule is O=C(O)N1CCc2c(F)cc(Br)cc2C1. The van der Waals surface area contributed by atoms with Crippen molar-refractivity contribution in [2.45, 2.75) is 13.0 Å². The van der Waals surface area contributed by atoms with Gasteiger partial charge < -0.3 is 10.0 Å². The van der Waals surface area contributed by atoms with Crippen molar-refractivity contribution in [1.29, 1.82) is 0 Å². The van der Waals surface area contributed by atoms with E-state index in [1.54, 1.807) is 6.07 Å². The second-order valence-corrected chi connectivity index (χ2v) is 4.40. The molecule has 0 unspecified atom stereocenters. The van der Waals surface area contributed by atoms with Crippen molar-refractivity contribution in [2.75, 3.05) is 6.54 Å². The van der Waals surface area contributed by atoms with E-state index in [0.717, 1.165) is 5.56 Å². The Labute approximate surface area is 94.6 Å². The lowest BCUT2D eigenvalue weighted by atomic mass is 9.99. The molecule has 0 aliphatic carbocycles. The lowest BCUT2D eigenvalue weighted by Gasteiger charge is -2.26. The van der Waals surface area contributed by atoms with Gasteiger partial charge in [-0.2, -0.15) is 0 Å². The van der Waals surface area contributed by atoms with E-state index < -0.39 is 6.09 Å². The van der Waals surface area contributed by atoms with Crippen molar-refractivity contribution in [3.8, 4) is 0 Å². The number of amides is 1. The van der Waals surface area contributed by atoms with Crippen LogP contribution >= 0.6 is 15.9 Å². The third-order valence-corrected chi connectivity index (χ3v) is 2.97. The highest BCUT2D eigenvalue weighted by Crippen LogP contribution is 2.25. The van der Waals surface area contributed by atoms with Crippen LogP contribution < -0.4 is 0 Å². The number of carboxylic acid groups (broad SMARTS) is 1. The Kier molecular flexibility index (Phi) is 2.65. The molecule has 1 amide bonds. The van der Waals surface area contributed by atoms with Crippen molar-refractivity contribution >= 4 is 22.0 Å². The summed E-state index contributed by atoms with van der Waals surface area (Å²) in [6.45, 7) is 0.627. The fourth-order valence-corrected chi connectivity index (χ4v) is 2.25. The zero-order valence-electron chi connectivity index (χ0n) is 7.83. The molecule has 0 spiro atoms. The molecule has 0 radical (unpaired) electrons. The number of nitrogens with zero attached hydrogens (tertiary/aromatic N) is 1. The van der Waals surface area contributed by atoms with Crippen LogP contribution in [0.15, 0.2) is 16.6 Å². The summed E-state index contributed by atoms with van der Waals surface area (Å²) < 4.78 is 14.1. The van der Waals surface area contributed by atoms with Crippen LogP contribution in [0, 0.1) is 5.82 Å². The molecule has 1 heterocycles. The molecule has 0 saturated heterocycles. The Balaban J connectivity index is 2.37. The molecule has 0 bridgehead atoms. The summed E-state index contributed by atoms with van der Waals surface area (Å²) in [5.41, 5.74) is 1.38. The summed E-state index contributed by atoms with van der Waals surface area (Å²) >= 11 is 3.19. The van der Waals surface area contributed by atoms with Crippen LogP contribution in [0.25, 0.3) is 0 Å². The van der Waals surface area contributed by atoms with Gasteiger partial charge in [0.1, 0.15) is 5.82 Å². The van der Waals surface area contributed by atoms with Crippen LogP contribution in [0.5, 0.6) is 0 Å². The first-order valence-electron chi connectivity index (χ1n) is 4.52. The number of benzene rings is 1. The maximum Gasteiger partial charge on any atom is 0.407 e. The van der Waals surface area contributed by atoms with Crippen LogP contribution in [-0.4, -0.2) is 22.6 Å². The van der Waals surface area contributed by atoms with Gasteiger partial charge in [-0.15, -0.1) is 0 Å². The van der Waals surface area contributed by atoms with Gasteiger partial charge in [-0.1, -0.05) is 15.9 Å². The van der Waals surface area contributed by atoms with Gasteiger partial charge in [0, 0.05) is 17.6 Å². The fraction of sp³-hybridized carbons (Fsp3) is 0.300. The largest absolute Gasteiger partial charge is 0.465 e. The third-order valence-electron chi connectivity index (χ3n) is 2.52. The number of rotatable bonds is 0. The topological polar surface area (TPSA) is 40.5 Å². The van der Waals surface area contributed by atoms with Crippen LogP contribution in [0.4, 0.5) is 9.18 Å². The lowest BCUT2D eigenvalue weighted by molar-refractivity contribution is 0.139. The fourth-order valence-electron chi connectivity index (χ4n) is 1.77. The maximum absolute atomic E-state index is 13.5. The van der Waals surface area contributed by atoms with Crippen molar-refractivity contribution in [1.82, 2.24) is 4.90 Å². The Morgan fingerprint density at radius 2 is 2.27 bits per heavy atom. The van der Waals surface area contributed by atoms with Crippen molar-refractivity contribution in [2.24, 2.45) is 0 Å². The molecule has 1 aliphatic rings. The number of hydrogen-bond acceptors (Lipinski definition) is 1. The lowest BCUT2D eigenvalue weighted by Crippen LogP contribution is -2.35. The molecule has 5 heteroatoms. The first-order chi connectivity index (χ1) is 7.08. The zero-order chi connectivity index (χ0) is 11.0. The standard InChI is InChI=1S/C10H9BrFNO2/c11-7-3-6-5-13(10(14)15)2-1-8(6)9(12)4-7/h3-4H,1-2,5H2,(H,14,15). The molecule has 0 aromatic heterocycles. The second kappa shape index (κ2) is 3.81. The van der Waals surface area contributed by atoms with Crippen molar-refractivity contribution < 1.29 is 14.3 Å². The average Bonchev–Trinajstić information content (AvgIpc) is 2.16. The minimum Gasteiger partial charge on any atom is -0.465 e. The van der Waals surface area contributed by atoms with E-state index in [-0.39, 0.29) is 12.4 Å². The number of carbonyl (C=O) groups is 1. The van der Waals surface area contributed by atoms with E-state index in [1.165, 1.54) is 11.0 Å². The normalized spacial score (nSPS) is 14.9. The molecule has 0 saturated carbocycles. The smallest absolute Gasteiger partial charge is 0.407 e. The molecule has 3 nitrogen and oxygen atoms in total. The second-order valence-electron chi connectivity index (χ2n) is 3.48. The summed E-state index contributed by atoms with van der Waals surface area (Å²) in [7, 11) is 0. The van der Waals surface area contributed by atoms with Gasteiger partial charge >= 0.3 is 6.09 Å². The minimum absolute atomic E-state index is 0.260. The van der Waals surface area contributed by atoms with Crippen LogP contribution in [0.3, 0.4) is 0 Å². The summed E-state index contributed by atoms with van der Waals surface area (Å²) in [4.78, 5) is 12.0. The van der Waals surface area contributed by atoms with Crippen LogP contribution in [0.2, 0.25) is 0 Å². The van der Waals surface area contributed by atoms with E-state index in [0.29, 0.717) is 23.0 Å². The number of hydrogen-bond donors (Lipinski definition) is 1. The van der Waals surface area contributed by atoms with Crippen molar-refractivity contribution in [3.63, 3.8) is 0 Å². The summed E-state index contributed by atoms with van der Waals surface area (Å²) in [5, 5.41) is 8.82. The molecule has 0 fully saturated rings. The van der Waals surface area contributed by atoms with Gasteiger partial charge in [-0.3, -0.25) is 0 Å². The highest BCUT2D eigenvalue weighted by atomic mass is 79.9. The number of fused-ring (bicyclic) bond motifs is 1. The first kappa shape index (κ1) is 10.4. The maximum atomic E-state index is 13.5. The van der Waals surface area contributed by atoms with E-state index in [2.05, 4.69) is 15.9 Å². The van der Waals surface area contributed by atoms with Gasteiger partial charge in [0.2, 0.25) is 0 Å². The van der Waals surface area contributed by atoms with E-state index in [1.807, 2.05) is 0 Å². The van der Waals surface area contributed by atoms with E-state index >= 15 is 0 Å². The summed E-state index contributed by atoms with van der Waals surface area (Å²) in [5.74, 6) is -0.260. The molecule has 1 aromatic carbocycles. The zero-order valence-corrected chi connectivity index (χ0v) is 9.42. The molecule has 15 heavy (non-hydrogen) atoms. The molecular formula is C10H9BrFNO2.